The molecule has 0 aromatic carbocycles. The molecule has 1 saturated heterocycles. The maximum absolute atomic E-state index is 12.3. The fraction of sp³-hybridized carbons (Fsp3) is 0.737. The van der Waals surface area contributed by atoms with Crippen molar-refractivity contribution in [3.63, 3.8) is 0 Å². The molecular formula is C19H28O7. The van der Waals surface area contributed by atoms with Crippen LogP contribution in [-0.2, 0) is 23.9 Å². The fourth-order valence-corrected chi connectivity index (χ4v) is 3.47. The van der Waals surface area contributed by atoms with Gasteiger partial charge in [0, 0.05) is 24.3 Å². The standard InChI is InChI=1S/C19H28O7/c1-9(2)17(22)26-14-8-19(5,24)15(21)7-12(20)10(3)6-13-16(14)11(4)18(23)25-13/h9-10,13-16,21,24H,4,6-8H2,1-3,5H3. The Kier molecular flexibility index (Phi) is 5.92. The molecule has 6 unspecified atom stereocenters. The quantitative estimate of drug-likeness (QED) is 0.556. The van der Waals surface area contributed by atoms with E-state index in [2.05, 4.69) is 6.58 Å². The number of ketones is 1. The third kappa shape index (κ3) is 4.15. The van der Waals surface area contributed by atoms with Crippen LogP contribution in [0, 0.1) is 17.8 Å². The molecule has 1 heterocycles. The molecule has 1 aliphatic carbocycles. The van der Waals surface area contributed by atoms with Crippen LogP contribution < -0.4 is 0 Å². The Balaban J connectivity index is 2.43. The Morgan fingerprint density at radius 2 is 2.00 bits per heavy atom. The van der Waals surface area contributed by atoms with Gasteiger partial charge in [0.25, 0.3) is 0 Å². The topological polar surface area (TPSA) is 110 Å². The molecule has 2 fully saturated rings. The Labute approximate surface area is 153 Å². The van der Waals surface area contributed by atoms with E-state index in [0.717, 1.165) is 0 Å². The van der Waals surface area contributed by atoms with E-state index < -0.39 is 53.6 Å². The highest BCUT2D eigenvalue weighted by Crippen LogP contribution is 2.39. The van der Waals surface area contributed by atoms with Gasteiger partial charge in [0.05, 0.1) is 23.5 Å². The summed E-state index contributed by atoms with van der Waals surface area (Å²) in [5.41, 5.74) is -1.52. The summed E-state index contributed by atoms with van der Waals surface area (Å²) in [5.74, 6) is -2.84. The van der Waals surface area contributed by atoms with Crippen molar-refractivity contribution in [2.24, 2.45) is 17.8 Å². The molecule has 0 spiro atoms. The van der Waals surface area contributed by atoms with Crippen LogP contribution >= 0.6 is 0 Å². The van der Waals surface area contributed by atoms with E-state index in [1.807, 2.05) is 0 Å². The number of hydrogen-bond donors (Lipinski definition) is 2. The van der Waals surface area contributed by atoms with E-state index in [1.54, 1.807) is 20.8 Å². The molecule has 1 saturated carbocycles. The number of carbonyl (C=O) groups is 3. The van der Waals surface area contributed by atoms with Gasteiger partial charge in [-0.25, -0.2) is 4.79 Å². The van der Waals surface area contributed by atoms with Crippen molar-refractivity contribution in [1.29, 1.82) is 0 Å². The highest BCUT2D eigenvalue weighted by Gasteiger charge is 2.50. The zero-order valence-electron chi connectivity index (χ0n) is 15.7. The van der Waals surface area contributed by atoms with Crippen molar-refractivity contribution in [1.82, 2.24) is 0 Å². The minimum Gasteiger partial charge on any atom is -0.461 e. The van der Waals surface area contributed by atoms with Crippen molar-refractivity contribution in [3.05, 3.63) is 12.2 Å². The van der Waals surface area contributed by atoms with Crippen molar-refractivity contribution < 1.29 is 34.1 Å². The van der Waals surface area contributed by atoms with Gasteiger partial charge in [0.2, 0.25) is 0 Å². The minimum absolute atomic E-state index is 0.134. The monoisotopic (exact) mass is 368 g/mol. The molecule has 7 heteroatoms. The maximum atomic E-state index is 12.3. The molecule has 7 nitrogen and oxygen atoms in total. The minimum atomic E-state index is -1.68. The van der Waals surface area contributed by atoms with Gasteiger partial charge >= 0.3 is 11.9 Å². The molecule has 0 radical (unpaired) electrons. The SMILES string of the molecule is C=C1C(=O)OC2CC(C)C(=O)CC(O)C(C)(O)CC(OC(=O)C(C)C)C12. The zero-order valence-corrected chi connectivity index (χ0v) is 15.7. The van der Waals surface area contributed by atoms with Gasteiger partial charge in [0.1, 0.15) is 18.0 Å². The summed E-state index contributed by atoms with van der Waals surface area (Å²) >= 11 is 0. The van der Waals surface area contributed by atoms with Gasteiger partial charge in [-0.15, -0.1) is 0 Å². The van der Waals surface area contributed by atoms with Gasteiger partial charge in [0.15, 0.2) is 0 Å². The summed E-state index contributed by atoms with van der Waals surface area (Å²) in [6, 6.07) is 0. The first-order valence-corrected chi connectivity index (χ1v) is 8.97. The van der Waals surface area contributed by atoms with Gasteiger partial charge in [-0.1, -0.05) is 27.4 Å². The van der Waals surface area contributed by atoms with E-state index in [0.29, 0.717) is 0 Å². The van der Waals surface area contributed by atoms with Crippen LogP contribution in [0.5, 0.6) is 0 Å². The number of esters is 2. The van der Waals surface area contributed by atoms with Gasteiger partial charge in [-0.2, -0.15) is 0 Å². The lowest BCUT2D eigenvalue weighted by Gasteiger charge is -2.37. The first-order valence-electron chi connectivity index (χ1n) is 8.97. The van der Waals surface area contributed by atoms with Crippen molar-refractivity contribution in [2.45, 2.75) is 70.9 Å². The van der Waals surface area contributed by atoms with Crippen LogP contribution in [0.1, 0.15) is 47.0 Å². The average Bonchev–Trinajstić information content (AvgIpc) is 2.79. The van der Waals surface area contributed by atoms with E-state index in [1.165, 1.54) is 6.92 Å². The smallest absolute Gasteiger partial charge is 0.334 e. The molecule has 6 atom stereocenters. The molecule has 1 aliphatic heterocycles. The number of carbonyl (C=O) groups excluding carboxylic acids is 3. The van der Waals surface area contributed by atoms with Crippen LogP contribution in [0.4, 0.5) is 0 Å². The Bertz CT molecular complexity index is 607. The van der Waals surface area contributed by atoms with Gasteiger partial charge < -0.3 is 19.7 Å². The molecule has 26 heavy (non-hydrogen) atoms. The molecular weight excluding hydrogens is 340 g/mol. The maximum Gasteiger partial charge on any atom is 0.334 e. The van der Waals surface area contributed by atoms with Crippen molar-refractivity contribution in [3.8, 4) is 0 Å². The van der Waals surface area contributed by atoms with Crippen LogP contribution in [0.15, 0.2) is 12.2 Å². The summed E-state index contributed by atoms with van der Waals surface area (Å²) in [7, 11) is 0. The molecule has 0 amide bonds. The normalized spacial score (nSPS) is 38.7. The molecule has 2 rings (SSSR count). The summed E-state index contributed by atoms with van der Waals surface area (Å²) < 4.78 is 10.9. The fourth-order valence-electron chi connectivity index (χ4n) is 3.47. The lowest BCUT2D eigenvalue weighted by molar-refractivity contribution is -0.167. The van der Waals surface area contributed by atoms with Gasteiger partial charge in [-0.3, -0.25) is 9.59 Å². The highest BCUT2D eigenvalue weighted by molar-refractivity contribution is 5.91. The summed E-state index contributed by atoms with van der Waals surface area (Å²) in [6.07, 6.45) is -2.96. The number of fused-ring (bicyclic) bond motifs is 1. The average molecular weight is 368 g/mol. The second-order valence-corrected chi connectivity index (χ2v) is 8.01. The van der Waals surface area contributed by atoms with Crippen molar-refractivity contribution >= 4 is 17.7 Å². The number of Topliss-reactive ketones (excluding diaryl/α,β-unsaturated/α-hetero) is 1. The van der Waals surface area contributed by atoms with E-state index in [4.69, 9.17) is 9.47 Å². The molecule has 0 aromatic rings. The van der Waals surface area contributed by atoms with Crippen LogP contribution in [0.2, 0.25) is 0 Å². The summed E-state index contributed by atoms with van der Waals surface area (Å²) in [5, 5.41) is 21.0. The van der Waals surface area contributed by atoms with Crippen LogP contribution in [-0.4, -0.2) is 51.8 Å². The first-order chi connectivity index (χ1) is 11.9. The zero-order chi connectivity index (χ0) is 19.8. The van der Waals surface area contributed by atoms with Crippen molar-refractivity contribution in [2.75, 3.05) is 0 Å². The number of aliphatic hydroxyl groups excluding tert-OH is 1. The molecule has 2 aliphatic rings. The Morgan fingerprint density at radius 3 is 2.58 bits per heavy atom. The molecule has 2 N–H and O–H groups in total. The predicted molar refractivity (Wildman–Crippen MR) is 91.9 cm³/mol. The summed E-state index contributed by atoms with van der Waals surface area (Å²) in [6.45, 7) is 10.2. The Morgan fingerprint density at radius 1 is 1.38 bits per heavy atom. The number of ether oxygens (including phenoxy) is 2. The second kappa shape index (κ2) is 7.48. The molecule has 146 valence electrons. The largest absolute Gasteiger partial charge is 0.461 e. The summed E-state index contributed by atoms with van der Waals surface area (Å²) in [4.78, 5) is 36.5. The Hall–Kier alpha value is -1.73. The third-order valence-electron chi connectivity index (χ3n) is 5.33. The van der Waals surface area contributed by atoms with E-state index in [9.17, 15) is 24.6 Å². The number of aliphatic hydroxyl groups is 2. The lowest BCUT2D eigenvalue weighted by Crippen LogP contribution is -2.49. The second-order valence-electron chi connectivity index (χ2n) is 8.01. The molecule has 0 aromatic heterocycles. The predicted octanol–water partition coefficient (Wildman–Crippen LogP) is 1.15. The third-order valence-corrected chi connectivity index (χ3v) is 5.33. The first kappa shape index (κ1) is 20.6. The number of rotatable bonds is 2. The van der Waals surface area contributed by atoms with Gasteiger partial charge in [-0.05, 0) is 13.3 Å². The van der Waals surface area contributed by atoms with E-state index >= 15 is 0 Å². The lowest BCUT2D eigenvalue weighted by atomic mass is 9.76. The number of hydrogen-bond acceptors (Lipinski definition) is 7. The molecule has 0 bridgehead atoms. The van der Waals surface area contributed by atoms with Crippen LogP contribution in [0.3, 0.4) is 0 Å². The van der Waals surface area contributed by atoms with Crippen LogP contribution in [0.25, 0.3) is 0 Å². The highest BCUT2D eigenvalue weighted by atomic mass is 16.6. The van der Waals surface area contributed by atoms with E-state index in [-0.39, 0.29) is 30.6 Å².